The van der Waals surface area contributed by atoms with Crippen molar-refractivity contribution in [1.29, 1.82) is 0 Å². The fraction of sp³-hybridized carbons (Fsp3) is 0.714. The van der Waals surface area contributed by atoms with Gasteiger partial charge in [0.2, 0.25) is 0 Å². The van der Waals surface area contributed by atoms with Crippen molar-refractivity contribution in [2.45, 2.75) is 64.0 Å². The van der Waals surface area contributed by atoms with Crippen LogP contribution in [0.1, 0.15) is 52.3 Å². The second kappa shape index (κ2) is 5.75. The Morgan fingerprint density at radius 2 is 1.84 bits per heavy atom. The summed E-state index contributed by atoms with van der Waals surface area (Å²) >= 11 is 3.45. The fourth-order valence-electron chi connectivity index (χ4n) is 2.26. The molecule has 19 heavy (non-hydrogen) atoms. The Morgan fingerprint density at radius 1 is 1.21 bits per heavy atom. The standard InChI is InChI=1S/C14H22BrN3O/c1-14(2,3)13-17-11(15)8-12(18-13)16-9-4-6-10(19)7-5-9/h8-10,19H,4-7H2,1-3H3,(H,16,17,18). The molecule has 0 aromatic carbocycles. The molecular weight excluding hydrogens is 306 g/mol. The Bertz CT molecular complexity index is 437. The van der Waals surface area contributed by atoms with Crippen LogP contribution >= 0.6 is 15.9 Å². The molecule has 1 aliphatic carbocycles. The molecule has 2 N–H and O–H groups in total. The number of nitrogens with zero attached hydrogens (tertiary/aromatic N) is 2. The molecule has 4 nitrogen and oxygen atoms in total. The summed E-state index contributed by atoms with van der Waals surface area (Å²) in [5, 5.41) is 13.0. The predicted octanol–water partition coefficient (Wildman–Crippen LogP) is 3.25. The topological polar surface area (TPSA) is 58.0 Å². The van der Waals surface area contributed by atoms with Crippen LogP contribution in [0.15, 0.2) is 10.7 Å². The number of halogens is 1. The van der Waals surface area contributed by atoms with E-state index in [4.69, 9.17) is 0 Å². The average molecular weight is 328 g/mol. The summed E-state index contributed by atoms with van der Waals surface area (Å²) in [7, 11) is 0. The van der Waals surface area contributed by atoms with Crippen molar-refractivity contribution in [3.63, 3.8) is 0 Å². The molecule has 5 heteroatoms. The Labute approximate surface area is 123 Å². The quantitative estimate of drug-likeness (QED) is 0.818. The summed E-state index contributed by atoms with van der Waals surface area (Å²) < 4.78 is 0.811. The van der Waals surface area contributed by atoms with Gasteiger partial charge in [0, 0.05) is 17.5 Å². The second-order valence-corrected chi connectivity index (χ2v) is 7.11. The van der Waals surface area contributed by atoms with E-state index in [1.165, 1.54) is 0 Å². The van der Waals surface area contributed by atoms with Crippen LogP contribution in [0, 0.1) is 0 Å². The third kappa shape index (κ3) is 4.14. The summed E-state index contributed by atoms with van der Waals surface area (Å²) in [4.78, 5) is 9.04. The molecule has 1 heterocycles. The van der Waals surface area contributed by atoms with Gasteiger partial charge in [0.05, 0.1) is 6.10 Å². The van der Waals surface area contributed by atoms with E-state index in [1.54, 1.807) is 0 Å². The van der Waals surface area contributed by atoms with E-state index < -0.39 is 0 Å². The van der Waals surface area contributed by atoms with E-state index in [0.717, 1.165) is 41.9 Å². The molecule has 0 bridgehead atoms. The fourth-order valence-corrected chi connectivity index (χ4v) is 2.64. The molecule has 1 saturated carbocycles. The zero-order valence-electron chi connectivity index (χ0n) is 11.8. The van der Waals surface area contributed by atoms with Crippen LogP contribution in [0.5, 0.6) is 0 Å². The van der Waals surface area contributed by atoms with E-state index in [2.05, 4.69) is 52.0 Å². The number of aliphatic hydroxyl groups is 1. The van der Waals surface area contributed by atoms with Gasteiger partial charge in [0.1, 0.15) is 16.2 Å². The number of rotatable bonds is 2. The molecule has 0 aliphatic heterocycles. The highest BCUT2D eigenvalue weighted by Gasteiger charge is 2.22. The van der Waals surface area contributed by atoms with Crippen LogP contribution in [-0.2, 0) is 5.41 Å². The number of hydrogen-bond donors (Lipinski definition) is 2. The monoisotopic (exact) mass is 327 g/mol. The normalized spacial score (nSPS) is 24.3. The third-order valence-corrected chi connectivity index (χ3v) is 3.82. The van der Waals surface area contributed by atoms with Crippen molar-refractivity contribution in [2.24, 2.45) is 0 Å². The first-order valence-electron chi connectivity index (χ1n) is 6.84. The number of nitrogens with one attached hydrogen (secondary N) is 1. The molecule has 1 aromatic rings. The highest BCUT2D eigenvalue weighted by Crippen LogP contribution is 2.25. The molecule has 2 rings (SSSR count). The number of hydrogen-bond acceptors (Lipinski definition) is 4. The second-order valence-electron chi connectivity index (χ2n) is 6.30. The minimum Gasteiger partial charge on any atom is -0.393 e. The highest BCUT2D eigenvalue weighted by atomic mass is 79.9. The minimum atomic E-state index is -0.125. The molecule has 1 aliphatic rings. The van der Waals surface area contributed by atoms with Crippen LogP contribution in [0.3, 0.4) is 0 Å². The van der Waals surface area contributed by atoms with Crippen molar-refractivity contribution < 1.29 is 5.11 Å². The van der Waals surface area contributed by atoms with Gasteiger partial charge >= 0.3 is 0 Å². The lowest BCUT2D eigenvalue weighted by atomic mass is 9.93. The van der Waals surface area contributed by atoms with E-state index >= 15 is 0 Å². The average Bonchev–Trinajstić information content (AvgIpc) is 2.30. The Hall–Kier alpha value is -0.680. The van der Waals surface area contributed by atoms with Gasteiger partial charge < -0.3 is 10.4 Å². The highest BCUT2D eigenvalue weighted by molar-refractivity contribution is 9.10. The maximum atomic E-state index is 9.53. The molecule has 0 atom stereocenters. The molecule has 0 amide bonds. The zero-order chi connectivity index (χ0) is 14.0. The summed E-state index contributed by atoms with van der Waals surface area (Å²) in [5.41, 5.74) is -0.0665. The van der Waals surface area contributed by atoms with Gasteiger partial charge in [-0.25, -0.2) is 9.97 Å². The summed E-state index contributed by atoms with van der Waals surface area (Å²) in [6, 6.07) is 2.32. The van der Waals surface area contributed by atoms with Gasteiger partial charge in [-0.3, -0.25) is 0 Å². The Balaban J connectivity index is 2.10. The van der Waals surface area contributed by atoms with Crippen LogP contribution < -0.4 is 5.32 Å². The van der Waals surface area contributed by atoms with E-state index in [9.17, 15) is 5.11 Å². The molecule has 0 unspecified atom stereocenters. The van der Waals surface area contributed by atoms with Crippen LogP contribution in [-0.4, -0.2) is 27.2 Å². The van der Waals surface area contributed by atoms with Crippen molar-refractivity contribution in [2.75, 3.05) is 5.32 Å². The van der Waals surface area contributed by atoms with Gasteiger partial charge in [-0.15, -0.1) is 0 Å². The molecule has 106 valence electrons. The van der Waals surface area contributed by atoms with Crippen LogP contribution in [0.4, 0.5) is 5.82 Å². The van der Waals surface area contributed by atoms with Crippen molar-refractivity contribution in [3.8, 4) is 0 Å². The Morgan fingerprint density at radius 3 is 2.42 bits per heavy atom. The largest absolute Gasteiger partial charge is 0.393 e. The SMILES string of the molecule is CC(C)(C)c1nc(Br)cc(NC2CCC(O)CC2)n1. The first kappa shape index (κ1) is 14.7. The van der Waals surface area contributed by atoms with Gasteiger partial charge in [-0.2, -0.15) is 0 Å². The van der Waals surface area contributed by atoms with E-state index in [-0.39, 0.29) is 11.5 Å². The van der Waals surface area contributed by atoms with E-state index in [0.29, 0.717) is 6.04 Å². The lowest BCUT2D eigenvalue weighted by molar-refractivity contribution is 0.126. The maximum absolute atomic E-state index is 9.53. The van der Waals surface area contributed by atoms with Crippen molar-refractivity contribution in [1.82, 2.24) is 9.97 Å². The smallest absolute Gasteiger partial charge is 0.137 e. The maximum Gasteiger partial charge on any atom is 0.137 e. The van der Waals surface area contributed by atoms with Crippen LogP contribution in [0.2, 0.25) is 0 Å². The van der Waals surface area contributed by atoms with Crippen molar-refractivity contribution >= 4 is 21.7 Å². The Kier molecular flexibility index (Phi) is 4.46. The molecule has 1 fully saturated rings. The number of aromatic nitrogens is 2. The van der Waals surface area contributed by atoms with Gasteiger partial charge in [-0.1, -0.05) is 20.8 Å². The lowest BCUT2D eigenvalue weighted by Crippen LogP contribution is -2.29. The molecular formula is C14H22BrN3O. The lowest BCUT2D eigenvalue weighted by Gasteiger charge is -2.27. The minimum absolute atomic E-state index is 0.0665. The van der Waals surface area contributed by atoms with Gasteiger partial charge in [-0.05, 0) is 41.6 Å². The number of anilines is 1. The summed E-state index contributed by atoms with van der Waals surface area (Å²) in [6.45, 7) is 6.32. The summed E-state index contributed by atoms with van der Waals surface area (Å²) in [5.74, 6) is 1.70. The predicted molar refractivity (Wildman–Crippen MR) is 80.3 cm³/mol. The third-order valence-electron chi connectivity index (χ3n) is 3.41. The first-order chi connectivity index (χ1) is 8.84. The molecule has 0 radical (unpaired) electrons. The van der Waals surface area contributed by atoms with Crippen LogP contribution in [0.25, 0.3) is 0 Å². The van der Waals surface area contributed by atoms with E-state index in [1.807, 2.05) is 6.07 Å². The molecule has 1 aromatic heterocycles. The first-order valence-corrected chi connectivity index (χ1v) is 7.63. The number of aliphatic hydroxyl groups excluding tert-OH is 1. The zero-order valence-corrected chi connectivity index (χ0v) is 13.4. The molecule has 0 spiro atoms. The van der Waals surface area contributed by atoms with Gasteiger partial charge in [0.25, 0.3) is 0 Å². The summed E-state index contributed by atoms with van der Waals surface area (Å²) in [6.07, 6.45) is 3.60. The van der Waals surface area contributed by atoms with Gasteiger partial charge in [0.15, 0.2) is 0 Å². The van der Waals surface area contributed by atoms with Crippen molar-refractivity contribution in [3.05, 3.63) is 16.5 Å². The molecule has 0 saturated heterocycles.